The van der Waals surface area contributed by atoms with Crippen molar-refractivity contribution in [2.75, 3.05) is 11.9 Å². The first-order valence-corrected chi connectivity index (χ1v) is 10.0. The lowest BCUT2D eigenvalue weighted by Crippen LogP contribution is -2.21. The van der Waals surface area contributed by atoms with Gasteiger partial charge in [0.05, 0.1) is 15.6 Å². The van der Waals surface area contributed by atoms with E-state index in [4.69, 9.17) is 27.9 Å². The third-order valence-corrected chi connectivity index (χ3v) is 5.32. The topological polar surface area (TPSA) is 112 Å². The lowest BCUT2D eigenvalue weighted by Gasteiger charge is -2.05. The molecule has 9 nitrogen and oxygen atoms in total. The minimum absolute atomic E-state index is 0.00361. The number of thiazole rings is 1. The summed E-state index contributed by atoms with van der Waals surface area (Å²) in [5.41, 5.74) is 1.19. The Labute approximate surface area is 183 Å². The van der Waals surface area contributed by atoms with Gasteiger partial charge in [0.1, 0.15) is 0 Å². The van der Waals surface area contributed by atoms with E-state index in [9.17, 15) is 14.9 Å². The highest BCUT2D eigenvalue weighted by molar-refractivity contribution is 7.15. The largest absolute Gasteiger partial charge is 0.477 e. The van der Waals surface area contributed by atoms with Crippen molar-refractivity contribution in [1.29, 1.82) is 0 Å². The molecule has 0 saturated heterocycles. The van der Waals surface area contributed by atoms with E-state index in [2.05, 4.69) is 15.4 Å². The minimum Gasteiger partial charge on any atom is -0.477 e. The lowest BCUT2D eigenvalue weighted by molar-refractivity contribution is -0.385. The number of aromatic nitrogens is 3. The Morgan fingerprint density at radius 2 is 2.07 bits per heavy atom. The molecule has 0 atom stereocenters. The Hall–Kier alpha value is -3.21. The summed E-state index contributed by atoms with van der Waals surface area (Å²) < 4.78 is 6.82. The van der Waals surface area contributed by atoms with Gasteiger partial charge < -0.3 is 4.74 Å². The van der Waals surface area contributed by atoms with Gasteiger partial charge in [0.25, 0.3) is 11.9 Å². The smallest absolute Gasteiger partial charge is 0.310 e. The number of carbonyl (C=O) groups excluding carboxylic acids is 1. The summed E-state index contributed by atoms with van der Waals surface area (Å²) in [4.78, 5) is 27.4. The number of nitrogens with zero attached hydrogens (tertiary/aromatic N) is 4. The molecule has 1 N–H and O–H groups in total. The van der Waals surface area contributed by atoms with Crippen LogP contribution >= 0.6 is 34.5 Å². The van der Waals surface area contributed by atoms with Crippen LogP contribution in [-0.4, -0.2) is 32.0 Å². The maximum absolute atomic E-state index is 12.2. The van der Waals surface area contributed by atoms with Gasteiger partial charge in [-0.15, -0.1) is 16.4 Å². The Morgan fingerprint density at radius 1 is 1.27 bits per heavy atom. The standard InChI is InChI=1S/C18H11Cl2N5O4S/c19-10-5-6-11(12(20)7-10)14-9-30-18-22-17(23-24(14)18)21-16(26)8-29-15-4-2-1-3-13(15)25(27)28/h1-7,9H,8H2,(H,21,23,26). The summed E-state index contributed by atoms with van der Waals surface area (Å²) in [6.45, 7) is -0.437. The number of para-hydroxylation sites is 2. The molecule has 0 bridgehead atoms. The summed E-state index contributed by atoms with van der Waals surface area (Å²) in [6.07, 6.45) is 0. The molecule has 152 valence electrons. The average Bonchev–Trinajstić information content (AvgIpc) is 3.27. The second-order valence-corrected chi connectivity index (χ2v) is 7.62. The van der Waals surface area contributed by atoms with E-state index in [-0.39, 0.29) is 17.4 Å². The summed E-state index contributed by atoms with van der Waals surface area (Å²) in [7, 11) is 0. The number of hydrogen-bond donors (Lipinski definition) is 1. The number of amides is 1. The number of rotatable bonds is 6. The number of nitro benzene ring substituents is 1. The van der Waals surface area contributed by atoms with Crippen LogP contribution in [0, 0.1) is 10.1 Å². The van der Waals surface area contributed by atoms with Crippen LogP contribution in [0.25, 0.3) is 16.2 Å². The van der Waals surface area contributed by atoms with Crippen molar-refractivity contribution in [1.82, 2.24) is 14.6 Å². The average molecular weight is 464 g/mol. The van der Waals surface area contributed by atoms with Crippen LogP contribution in [0.4, 0.5) is 11.6 Å². The summed E-state index contributed by atoms with van der Waals surface area (Å²) >= 11 is 13.5. The lowest BCUT2D eigenvalue weighted by atomic mass is 10.2. The van der Waals surface area contributed by atoms with Gasteiger partial charge in [-0.1, -0.05) is 35.3 Å². The molecule has 2 aromatic heterocycles. The van der Waals surface area contributed by atoms with Crippen molar-refractivity contribution >= 4 is 57.0 Å². The quantitative estimate of drug-likeness (QED) is 0.327. The molecule has 0 saturated carbocycles. The molecule has 0 unspecified atom stereocenters. The van der Waals surface area contributed by atoms with Crippen molar-refractivity contribution in [2.24, 2.45) is 0 Å². The van der Waals surface area contributed by atoms with Gasteiger partial charge in [-0.3, -0.25) is 20.2 Å². The zero-order valence-electron chi connectivity index (χ0n) is 14.9. The van der Waals surface area contributed by atoms with E-state index in [0.29, 0.717) is 20.7 Å². The molecular formula is C18H11Cl2N5O4S. The number of ether oxygens (including phenoxy) is 1. The molecular weight excluding hydrogens is 453 g/mol. The fourth-order valence-electron chi connectivity index (χ4n) is 2.65. The van der Waals surface area contributed by atoms with E-state index in [1.807, 2.05) is 5.38 Å². The van der Waals surface area contributed by atoms with Crippen LogP contribution in [0.2, 0.25) is 10.0 Å². The fourth-order valence-corrected chi connectivity index (χ4v) is 3.98. The van der Waals surface area contributed by atoms with Crippen LogP contribution < -0.4 is 10.1 Å². The molecule has 4 aromatic rings. The Balaban J connectivity index is 1.49. The van der Waals surface area contributed by atoms with Crippen molar-refractivity contribution in [3.8, 4) is 17.0 Å². The first-order valence-electron chi connectivity index (χ1n) is 8.38. The summed E-state index contributed by atoms with van der Waals surface area (Å²) in [5.74, 6) is -0.488. The molecule has 0 spiro atoms. The monoisotopic (exact) mass is 463 g/mol. The number of halogens is 2. The molecule has 12 heteroatoms. The number of anilines is 1. The molecule has 2 heterocycles. The SMILES string of the molecule is O=C(COc1ccccc1[N+](=O)[O-])Nc1nc2scc(-c3ccc(Cl)cc3Cl)n2n1. The molecule has 0 fully saturated rings. The molecule has 4 rings (SSSR count). The molecule has 1 amide bonds. The van der Waals surface area contributed by atoms with E-state index in [1.54, 1.807) is 28.8 Å². The molecule has 30 heavy (non-hydrogen) atoms. The Kier molecular flexibility index (Phi) is 5.53. The summed E-state index contributed by atoms with van der Waals surface area (Å²) in [5, 5.41) is 20.6. The van der Waals surface area contributed by atoms with Crippen molar-refractivity contribution < 1.29 is 14.5 Å². The first-order chi connectivity index (χ1) is 14.4. The van der Waals surface area contributed by atoms with Crippen LogP contribution in [0.3, 0.4) is 0 Å². The van der Waals surface area contributed by atoms with Gasteiger partial charge in [0, 0.05) is 22.0 Å². The third-order valence-electron chi connectivity index (χ3n) is 3.96. The Morgan fingerprint density at radius 3 is 2.83 bits per heavy atom. The third kappa shape index (κ3) is 4.06. The molecule has 0 aliphatic heterocycles. The first kappa shape index (κ1) is 20.1. The molecule has 0 aliphatic rings. The van der Waals surface area contributed by atoms with Crippen LogP contribution in [-0.2, 0) is 4.79 Å². The normalized spacial score (nSPS) is 10.9. The van der Waals surface area contributed by atoms with Crippen molar-refractivity contribution in [3.05, 3.63) is 68.0 Å². The van der Waals surface area contributed by atoms with Crippen LogP contribution in [0.5, 0.6) is 5.75 Å². The van der Waals surface area contributed by atoms with Crippen LogP contribution in [0.15, 0.2) is 47.8 Å². The number of hydrogen-bond acceptors (Lipinski definition) is 7. The van der Waals surface area contributed by atoms with Crippen molar-refractivity contribution in [3.63, 3.8) is 0 Å². The van der Waals surface area contributed by atoms with Crippen molar-refractivity contribution in [2.45, 2.75) is 0 Å². The predicted molar refractivity (Wildman–Crippen MR) is 114 cm³/mol. The fraction of sp³-hybridized carbons (Fsp3) is 0.0556. The number of nitro groups is 1. The minimum atomic E-state index is -0.582. The second kappa shape index (κ2) is 8.27. The zero-order valence-corrected chi connectivity index (χ0v) is 17.2. The maximum Gasteiger partial charge on any atom is 0.310 e. The highest BCUT2D eigenvalue weighted by Crippen LogP contribution is 2.33. The highest BCUT2D eigenvalue weighted by Gasteiger charge is 2.17. The molecule has 2 aromatic carbocycles. The van der Waals surface area contributed by atoms with Gasteiger partial charge in [0.15, 0.2) is 12.4 Å². The number of fused-ring (bicyclic) bond motifs is 1. The van der Waals surface area contributed by atoms with E-state index >= 15 is 0 Å². The number of benzene rings is 2. The van der Waals surface area contributed by atoms with Gasteiger partial charge in [-0.05, 0) is 24.3 Å². The molecule has 0 aliphatic carbocycles. The maximum atomic E-state index is 12.2. The van der Waals surface area contributed by atoms with E-state index < -0.39 is 17.4 Å². The number of carbonyl (C=O) groups is 1. The van der Waals surface area contributed by atoms with Gasteiger partial charge in [-0.2, -0.15) is 4.98 Å². The van der Waals surface area contributed by atoms with E-state index in [0.717, 1.165) is 5.56 Å². The summed E-state index contributed by atoms with van der Waals surface area (Å²) in [6, 6.07) is 10.9. The van der Waals surface area contributed by atoms with Gasteiger partial charge in [0.2, 0.25) is 4.96 Å². The van der Waals surface area contributed by atoms with Crippen LogP contribution in [0.1, 0.15) is 0 Å². The van der Waals surface area contributed by atoms with Gasteiger partial charge in [-0.25, -0.2) is 4.52 Å². The number of nitrogens with one attached hydrogen (secondary N) is 1. The Bertz CT molecular complexity index is 1270. The van der Waals surface area contributed by atoms with Gasteiger partial charge >= 0.3 is 5.69 Å². The second-order valence-electron chi connectivity index (χ2n) is 5.94. The highest BCUT2D eigenvalue weighted by atomic mass is 35.5. The molecule has 0 radical (unpaired) electrons. The predicted octanol–water partition coefficient (Wildman–Crippen LogP) is 4.69. The zero-order chi connectivity index (χ0) is 21.3. The van der Waals surface area contributed by atoms with E-state index in [1.165, 1.54) is 29.5 Å².